The first kappa shape index (κ1) is 20.5. The van der Waals surface area contributed by atoms with E-state index in [-0.39, 0.29) is 17.7 Å². The topological polar surface area (TPSA) is 72.9 Å². The molecule has 2 amide bonds. The highest BCUT2D eigenvalue weighted by molar-refractivity contribution is 5.89. The summed E-state index contributed by atoms with van der Waals surface area (Å²) < 4.78 is 0. The number of hydrogen-bond acceptors (Lipinski definition) is 6. The third-order valence-electron chi connectivity index (χ3n) is 5.95. The second-order valence-corrected chi connectivity index (χ2v) is 8.43. The lowest BCUT2D eigenvalue weighted by Crippen LogP contribution is -2.51. The molecule has 2 saturated heterocycles. The van der Waals surface area contributed by atoms with Crippen LogP contribution in [0.4, 0.5) is 5.82 Å². The Morgan fingerprint density at radius 2 is 1.87 bits per heavy atom. The second-order valence-electron chi connectivity index (χ2n) is 8.43. The minimum atomic E-state index is -0.205. The summed E-state index contributed by atoms with van der Waals surface area (Å²) in [7, 11) is 4.06. The van der Waals surface area contributed by atoms with Crippen LogP contribution in [0.1, 0.15) is 12.8 Å². The fraction of sp³-hybridized carbons (Fsp3) is 0.545. The molecule has 0 bridgehead atoms. The van der Waals surface area contributed by atoms with Crippen molar-refractivity contribution in [2.45, 2.75) is 12.8 Å². The number of para-hydroxylation sites is 2. The summed E-state index contributed by atoms with van der Waals surface area (Å²) in [6.07, 6.45) is 3.09. The Labute approximate surface area is 177 Å². The van der Waals surface area contributed by atoms with Crippen LogP contribution in [0.15, 0.2) is 30.5 Å². The van der Waals surface area contributed by atoms with Crippen molar-refractivity contribution < 1.29 is 9.59 Å². The molecule has 1 aromatic heterocycles. The molecule has 1 aromatic carbocycles. The molecule has 2 aliphatic rings. The van der Waals surface area contributed by atoms with E-state index in [0.29, 0.717) is 26.1 Å². The Morgan fingerprint density at radius 1 is 1.13 bits per heavy atom. The van der Waals surface area contributed by atoms with E-state index in [9.17, 15) is 9.59 Å². The molecule has 0 saturated carbocycles. The average molecular weight is 411 g/mol. The van der Waals surface area contributed by atoms with Gasteiger partial charge in [0.05, 0.1) is 23.1 Å². The first-order chi connectivity index (χ1) is 14.5. The number of aromatic nitrogens is 2. The van der Waals surface area contributed by atoms with Crippen molar-refractivity contribution in [3.63, 3.8) is 0 Å². The maximum atomic E-state index is 13.0. The molecule has 1 unspecified atom stereocenters. The normalized spacial score (nSPS) is 19.9. The maximum absolute atomic E-state index is 13.0. The minimum absolute atomic E-state index is 0.109. The maximum Gasteiger partial charge on any atom is 0.228 e. The third-order valence-corrected chi connectivity index (χ3v) is 5.95. The summed E-state index contributed by atoms with van der Waals surface area (Å²) in [6, 6.07) is 7.84. The van der Waals surface area contributed by atoms with Crippen LogP contribution < -0.4 is 4.90 Å². The van der Waals surface area contributed by atoms with Gasteiger partial charge in [0, 0.05) is 45.7 Å². The molecule has 30 heavy (non-hydrogen) atoms. The SMILES string of the molecule is CN(C)CCCN1CC(C(=O)N2CCN(c3cnc4ccccc4n3)CC2)CC1=O. The summed E-state index contributed by atoms with van der Waals surface area (Å²) >= 11 is 0. The highest BCUT2D eigenvalue weighted by atomic mass is 16.2. The number of anilines is 1. The van der Waals surface area contributed by atoms with Gasteiger partial charge in [-0.1, -0.05) is 12.1 Å². The molecule has 2 aromatic rings. The lowest BCUT2D eigenvalue weighted by atomic mass is 10.1. The van der Waals surface area contributed by atoms with Gasteiger partial charge in [-0.3, -0.25) is 14.6 Å². The van der Waals surface area contributed by atoms with Crippen molar-refractivity contribution in [2.75, 3.05) is 64.8 Å². The molecule has 3 heterocycles. The zero-order valence-corrected chi connectivity index (χ0v) is 17.8. The largest absolute Gasteiger partial charge is 0.352 e. The van der Waals surface area contributed by atoms with Crippen molar-refractivity contribution in [1.29, 1.82) is 0 Å². The van der Waals surface area contributed by atoms with Gasteiger partial charge in [-0.2, -0.15) is 0 Å². The van der Waals surface area contributed by atoms with Crippen LogP contribution in [0.3, 0.4) is 0 Å². The fourth-order valence-corrected chi connectivity index (χ4v) is 4.25. The molecule has 0 aliphatic carbocycles. The summed E-state index contributed by atoms with van der Waals surface area (Å²) in [5.41, 5.74) is 1.77. The van der Waals surface area contributed by atoms with Gasteiger partial charge >= 0.3 is 0 Å². The van der Waals surface area contributed by atoms with Gasteiger partial charge in [0.25, 0.3) is 0 Å². The molecular weight excluding hydrogens is 380 g/mol. The van der Waals surface area contributed by atoms with E-state index in [1.165, 1.54) is 0 Å². The number of nitrogens with zero attached hydrogens (tertiary/aromatic N) is 6. The predicted octanol–water partition coefficient (Wildman–Crippen LogP) is 1.08. The summed E-state index contributed by atoms with van der Waals surface area (Å²) in [6.45, 7) is 4.99. The molecule has 4 rings (SSSR count). The monoisotopic (exact) mass is 410 g/mol. The van der Waals surface area contributed by atoms with Crippen LogP contribution in [0, 0.1) is 5.92 Å². The molecule has 1 atom stereocenters. The van der Waals surface area contributed by atoms with E-state index in [1.54, 1.807) is 6.20 Å². The van der Waals surface area contributed by atoms with E-state index in [4.69, 9.17) is 4.98 Å². The zero-order valence-electron chi connectivity index (χ0n) is 17.8. The van der Waals surface area contributed by atoms with Crippen molar-refractivity contribution in [1.82, 2.24) is 24.7 Å². The zero-order chi connectivity index (χ0) is 21.1. The highest BCUT2D eigenvalue weighted by Gasteiger charge is 2.37. The number of piperazine rings is 1. The first-order valence-corrected chi connectivity index (χ1v) is 10.7. The first-order valence-electron chi connectivity index (χ1n) is 10.7. The standard InChI is InChI=1S/C22H30N6O2/c1-25(2)8-5-9-28-16-17(14-21(28)29)22(30)27-12-10-26(11-13-27)20-15-23-18-6-3-4-7-19(18)24-20/h3-4,6-7,15,17H,5,8-14,16H2,1-2H3. The van der Waals surface area contributed by atoms with Gasteiger partial charge in [-0.05, 0) is 39.2 Å². The molecular formula is C22H30N6O2. The summed E-state index contributed by atoms with van der Waals surface area (Å²) in [5.74, 6) is 0.868. The Kier molecular flexibility index (Phi) is 6.13. The highest BCUT2D eigenvalue weighted by Crippen LogP contribution is 2.22. The fourth-order valence-electron chi connectivity index (χ4n) is 4.25. The Morgan fingerprint density at radius 3 is 2.60 bits per heavy atom. The molecule has 8 nitrogen and oxygen atoms in total. The number of likely N-dealkylation sites (tertiary alicyclic amines) is 1. The van der Waals surface area contributed by atoms with Gasteiger partial charge in [0.15, 0.2) is 0 Å². The van der Waals surface area contributed by atoms with Gasteiger partial charge in [0.1, 0.15) is 5.82 Å². The van der Waals surface area contributed by atoms with Crippen molar-refractivity contribution in [2.24, 2.45) is 5.92 Å². The van der Waals surface area contributed by atoms with E-state index in [2.05, 4.69) is 14.8 Å². The second kappa shape index (κ2) is 8.95. The third kappa shape index (κ3) is 4.53. The number of rotatable bonds is 6. The van der Waals surface area contributed by atoms with E-state index >= 15 is 0 Å². The summed E-state index contributed by atoms with van der Waals surface area (Å²) in [4.78, 5) is 42.6. The Hall–Kier alpha value is -2.74. The molecule has 160 valence electrons. The van der Waals surface area contributed by atoms with Gasteiger partial charge in [0.2, 0.25) is 11.8 Å². The Bertz CT molecular complexity index is 909. The van der Waals surface area contributed by atoms with E-state index < -0.39 is 0 Å². The molecule has 0 N–H and O–H groups in total. The minimum Gasteiger partial charge on any atom is -0.352 e. The molecule has 0 radical (unpaired) electrons. The van der Waals surface area contributed by atoms with E-state index in [0.717, 1.165) is 49.5 Å². The number of carbonyl (C=O) groups excluding carboxylic acids is 2. The van der Waals surface area contributed by atoms with Crippen LogP contribution in [-0.4, -0.2) is 96.4 Å². The molecule has 2 fully saturated rings. The average Bonchev–Trinajstić information content (AvgIpc) is 3.13. The number of amides is 2. The predicted molar refractivity (Wildman–Crippen MR) is 116 cm³/mol. The lowest BCUT2D eigenvalue weighted by molar-refractivity contribution is -0.136. The number of hydrogen-bond donors (Lipinski definition) is 0. The quantitative estimate of drug-likeness (QED) is 0.710. The van der Waals surface area contributed by atoms with Crippen LogP contribution in [-0.2, 0) is 9.59 Å². The van der Waals surface area contributed by atoms with Gasteiger partial charge in [-0.15, -0.1) is 0 Å². The van der Waals surface area contributed by atoms with Gasteiger partial charge < -0.3 is 19.6 Å². The van der Waals surface area contributed by atoms with Crippen LogP contribution >= 0.6 is 0 Å². The number of benzene rings is 1. The van der Waals surface area contributed by atoms with Crippen molar-refractivity contribution in [3.8, 4) is 0 Å². The molecule has 2 aliphatic heterocycles. The van der Waals surface area contributed by atoms with Crippen LogP contribution in [0.25, 0.3) is 11.0 Å². The molecule has 8 heteroatoms. The van der Waals surface area contributed by atoms with Crippen molar-refractivity contribution >= 4 is 28.7 Å². The smallest absolute Gasteiger partial charge is 0.228 e. The van der Waals surface area contributed by atoms with Gasteiger partial charge in [-0.25, -0.2) is 4.98 Å². The lowest BCUT2D eigenvalue weighted by Gasteiger charge is -2.36. The molecule has 0 spiro atoms. The van der Waals surface area contributed by atoms with Crippen LogP contribution in [0.5, 0.6) is 0 Å². The number of carbonyl (C=O) groups is 2. The van der Waals surface area contributed by atoms with E-state index in [1.807, 2.05) is 48.2 Å². The summed E-state index contributed by atoms with van der Waals surface area (Å²) in [5, 5.41) is 0. The Balaban J connectivity index is 1.30. The van der Waals surface area contributed by atoms with Crippen LogP contribution in [0.2, 0.25) is 0 Å². The van der Waals surface area contributed by atoms with Crippen molar-refractivity contribution in [3.05, 3.63) is 30.5 Å². The number of fused-ring (bicyclic) bond motifs is 1.